The second-order valence-electron chi connectivity index (χ2n) is 5.73. The third-order valence-electron chi connectivity index (χ3n) is 3.88. The number of nitrogens with one attached hydrogen (secondary N) is 2. The molecule has 0 saturated heterocycles. The van der Waals surface area contributed by atoms with E-state index in [2.05, 4.69) is 20.6 Å². The van der Waals surface area contributed by atoms with Crippen LogP contribution in [0.2, 0.25) is 0 Å². The average molecular weight is 387 g/mol. The van der Waals surface area contributed by atoms with Crippen molar-refractivity contribution in [3.05, 3.63) is 75.6 Å². The molecule has 0 unspecified atom stereocenters. The van der Waals surface area contributed by atoms with Gasteiger partial charge in [-0.15, -0.1) is 0 Å². The lowest BCUT2D eigenvalue weighted by Gasteiger charge is -2.06. The minimum absolute atomic E-state index is 0.215. The number of H-pyrrole nitrogens is 1. The maximum absolute atomic E-state index is 13.5. The van der Waals surface area contributed by atoms with Crippen LogP contribution in [0.25, 0.3) is 5.82 Å². The van der Waals surface area contributed by atoms with Gasteiger partial charge in [0.25, 0.3) is 11.5 Å². The molecule has 3 rings (SSSR count). The quantitative estimate of drug-likeness (QED) is 0.606. The standard InChI is InChI=1S/C18H18FN5O2S/c1-12-14(10-21-24(12)16-6-7-17(25)23-22-16)18(26)20-8-9-27-11-13-4-2-3-5-15(13)19/h2-7,10H,8-9,11H2,1H3,(H,20,26)(H,23,25). The largest absolute Gasteiger partial charge is 0.351 e. The van der Waals surface area contributed by atoms with Crippen LogP contribution in [-0.2, 0) is 5.75 Å². The Hall–Kier alpha value is -2.94. The van der Waals surface area contributed by atoms with Crippen molar-refractivity contribution in [2.75, 3.05) is 12.3 Å². The predicted octanol–water partition coefficient (Wildman–Crippen LogP) is 2.07. The molecule has 1 aromatic carbocycles. The van der Waals surface area contributed by atoms with Gasteiger partial charge in [-0.3, -0.25) is 9.59 Å². The van der Waals surface area contributed by atoms with Crippen molar-refractivity contribution >= 4 is 17.7 Å². The van der Waals surface area contributed by atoms with E-state index in [9.17, 15) is 14.0 Å². The van der Waals surface area contributed by atoms with Crippen LogP contribution in [0.15, 0.2) is 47.4 Å². The summed E-state index contributed by atoms with van der Waals surface area (Å²) in [4.78, 5) is 23.4. The van der Waals surface area contributed by atoms with Crippen molar-refractivity contribution in [1.29, 1.82) is 0 Å². The molecule has 7 nitrogen and oxygen atoms in total. The summed E-state index contributed by atoms with van der Waals surface area (Å²) in [6.45, 7) is 2.21. The van der Waals surface area contributed by atoms with Gasteiger partial charge in [0.15, 0.2) is 5.82 Å². The van der Waals surface area contributed by atoms with Crippen LogP contribution in [0.4, 0.5) is 4.39 Å². The summed E-state index contributed by atoms with van der Waals surface area (Å²) in [6.07, 6.45) is 1.46. The maximum atomic E-state index is 13.5. The van der Waals surface area contributed by atoms with Crippen LogP contribution in [0.5, 0.6) is 0 Å². The first kappa shape index (κ1) is 18.8. The SMILES string of the molecule is Cc1c(C(=O)NCCSCc2ccccc2F)cnn1-c1ccc(=O)[nH]n1. The van der Waals surface area contributed by atoms with Crippen LogP contribution in [0.1, 0.15) is 21.6 Å². The number of rotatable bonds is 7. The monoisotopic (exact) mass is 387 g/mol. The van der Waals surface area contributed by atoms with Crippen LogP contribution in [0.3, 0.4) is 0 Å². The molecule has 3 aromatic rings. The first-order valence-electron chi connectivity index (χ1n) is 8.26. The van der Waals surface area contributed by atoms with E-state index in [1.54, 1.807) is 36.9 Å². The number of benzene rings is 1. The first-order chi connectivity index (χ1) is 13.1. The summed E-state index contributed by atoms with van der Waals surface area (Å²) < 4.78 is 15.0. The molecule has 27 heavy (non-hydrogen) atoms. The molecule has 0 atom stereocenters. The van der Waals surface area contributed by atoms with E-state index < -0.39 is 0 Å². The van der Waals surface area contributed by atoms with E-state index in [4.69, 9.17) is 0 Å². The van der Waals surface area contributed by atoms with E-state index >= 15 is 0 Å². The summed E-state index contributed by atoms with van der Waals surface area (Å²) >= 11 is 1.55. The molecule has 2 aromatic heterocycles. The van der Waals surface area contributed by atoms with Gasteiger partial charge in [-0.25, -0.2) is 14.2 Å². The van der Waals surface area contributed by atoms with Crippen LogP contribution >= 0.6 is 11.8 Å². The third-order valence-corrected chi connectivity index (χ3v) is 4.89. The fourth-order valence-corrected chi connectivity index (χ4v) is 3.29. The minimum atomic E-state index is -0.311. The van der Waals surface area contributed by atoms with Crippen LogP contribution < -0.4 is 10.9 Å². The Bertz CT molecular complexity index is 981. The van der Waals surface area contributed by atoms with Gasteiger partial charge in [0.05, 0.1) is 17.5 Å². The van der Waals surface area contributed by atoms with Gasteiger partial charge in [-0.2, -0.15) is 22.0 Å². The minimum Gasteiger partial charge on any atom is -0.351 e. The number of thioether (sulfide) groups is 1. The molecule has 140 valence electrons. The molecule has 2 N–H and O–H groups in total. The second-order valence-corrected chi connectivity index (χ2v) is 6.84. The van der Waals surface area contributed by atoms with E-state index in [-0.39, 0.29) is 17.3 Å². The smallest absolute Gasteiger partial charge is 0.264 e. The van der Waals surface area contributed by atoms with E-state index in [0.29, 0.717) is 40.7 Å². The van der Waals surface area contributed by atoms with Gasteiger partial charge in [0.1, 0.15) is 5.82 Å². The van der Waals surface area contributed by atoms with Crippen molar-refractivity contribution in [2.24, 2.45) is 0 Å². The van der Waals surface area contributed by atoms with Gasteiger partial charge in [-0.1, -0.05) is 18.2 Å². The fourth-order valence-electron chi connectivity index (χ4n) is 2.45. The first-order valence-corrected chi connectivity index (χ1v) is 9.42. The summed E-state index contributed by atoms with van der Waals surface area (Å²) in [5.41, 5.74) is 1.39. The lowest BCUT2D eigenvalue weighted by molar-refractivity contribution is 0.0955. The number of carbonyl (C=O) groups is 1. The lowest BCUT2D eigenvalue weighted by Crippen LogP contribution is -2.26. The van der Waals surface area contributed by atoms with Crippen molar-refractivity contribution in [2.45, 2.75) is 12.7 Å². The number of carbonyl (C=O) groups excluding carboxylic acids is 1. The number of amides is 1. The van der Waals surface area contributed by atoms with Gasteiger partial charge >= 0.3 is 0 Å². The number of aromatic amines is 1. The summed E-state index contributed by atoms with van der Waals surface area (Å²) in [5, 5.41) is 13.2. The average Bonchev–Trinajstić information content (AvgIpc) is 3.05. The zero-order chi connectivity index (χ0) is 19.2. The van der Waals surface area contributed by atoms with E-state index in [0.717, 1.165) is 0 Å². The van der Waals surface area contributed by atoms with E-state index in [1.807, 2.05) is 0 Å². The summed E-state index contributed by atoms with van der Waals surface area (Å²) in [6, 6.07) is 9.53. The molecule has 0 radical (unpaired) electrons. The maximum Gasteiger partial charge on any atom is 0.264 e. The molecule has 0 aliphatic carbocycles. The molecule has 9 heteroatoms. The Morgan fingerprint density at radius 3 is 2.85 bits per heavy atom. The number of hydrogen-bond acceptors (Lipinski definition) is 5. The molecule has 0 fully saturated rings. The number of nitrogens with zero attached hydrogens (tertiary/aromatic N) is 3. The third kappa shape index (κ3) is 4.62. The normalized spacial score (nSPS) is 10.7. The zero-order valence-corrected chi connectivity index (χ0v) is 15.4. The highest BCUT2D eigenvalue weighted by atomic mass is 32.2. The lowest BCUT2D eigenvalue weighted by atomic mass is 10.2. The van der Waals surface area contributed by atoms with Gasteiger partial charge < -0.3 is 5.32 Å². The second kappa shape index (κ2) is 8.63. The number of aromatic nitrogens is 4. The molecule has 0 bridgehead atoms. The Morgan fingerprint density at radius 1 is 1.30 bits per heavy atom. The highest BCUT2D eigenvalue weighted by Gasteiger charge is 2.15. The summed E-state index contributed by atoms with van der Waals surface area (Å²) in [5.74, 6) is 1.18. The molecule has 0 saturated carbocycles. The molecular weight excluding hydrogens is 369 g/mol. The molecule has 2 heterocycles. The zero-order valence-electron chi connectivity index (χ0n) is 14.6. The number of hydrogen-bond donors (Lipinski definition) is 2. The van der Waals surface area contributed by atoms with Crippen molar-refractivity contribution in [3.8, 4) is 5.82 Å². The van der Waals surface area contributed by atoms with Crippen LogP contribution in [-0.4, -0.2) is 38.2 Å². The molecule has 0 aliphatic rings. The van der Waals surface area contributed by atoms with Gasteiger partial charge in [0, 0.05) is 24.1 Å². The van der Waals surface area contributed by atoms with Crippen LogP contribution in [0, 0.1) is 12.7 Å². The predicted molar refractivity (Wildman–Crippen MR) is 102 cm³/mol. The van der Waals surface area contributed by atoms with Crippen molar-refractivity contribution < 1.29 is 9.18 Å². The highest BCUT2D eigenvalue weighted by molar-refractivity contribution is 7.98. The van der Waals surface area contributed by atoms with Gasteiger partial charge in [-0.05, 0) is 24.6 Å². The van der Waals surface area contributed by atoms with Gasteiger partial charge in [0.2, 0.25) is 0 Å². The van der Waals surface area contributed by atoms with Crippen molar-refractivity contribution in [1.82, 2.24) is 25.3 Å². The Kier molecular flexibility index (Phi) is 6.02. The topological polar surface area (TPSA) is 92.7 Å². The Labute approximate surface area is 159 Å². The summed E-state index contributed by atoms with van der Waals surface area (Å²) in [7, 11) is 0. The molecule has 0 spiro atoms. The Morgan fingerprint density at radius 2 is 2.11 bits per heavy atom. The fraction of sp³-hybridized carbons (Fsp3) is 0.222. The molecule has 1 amide bonds. The van der Waals surface area contributed by atoms with Crippen molar-refractivity contribution in [3.63, 3.8) is 0 Å². The molecule has 0 aliphatic heterocycles. The number of halogens is 1. The van der Waals surface area contributed by atoms with E-state index in [1.165, 1.54) is 29.1 Å². The highest BCUT2D eigenvalue weighted by Crippen LogP contribution is 2.15. The molecular formula is C18H18FN5O2S. The Balaban J connectivity index is 1.52.